The van der Waals surface area contributed by atoms with Crippen LogP contribution in [0.1, 0.15) is 30.1 Å². The van der Waals surface area contributed by atoms with E-state index >= 15 is 0 Å². The Hall–Kier alpha value is -2.71. The van der Waals surface area contributed by atoms with Crippen molar-refractivity contribution in [2.45, 2.75) is 25.1 Å². The fraction of sp³-hybridized carbons (Fsp3) is 0.222. The van der Waals surface area contributed by atoms with Crippen molar-refractivity contribution in [2.24, 2.45) is 0 Å². The van der Waals surface area contributed by atoms with Crippen LogP contribution in [0.2, 0.25) is 0 Å². The largest absolute Gasteiger partial charge is 0.494 e. The van der Waals surface area contributed by atoms with Crippen LogP contribution in [-0.2, 0) is 10.8 Å². The maximum Gasteiger partial charge on any atom is 0.432 e. The van der Waals surface area contributed by atoms with Gasteiger partial charge < -0.3 is 9.47 Å². The van der Waals surface area contributed by atoms with Crippen molar-refractivity contribution in [3.8, 4) is 5.75 Å². The molecule has 1 aliphatic rings. The van der Waals surface area contributed by atoms with Gasteiger partial charge in [0.05, 0.1) is 6.26 Å². The molecule has 0 bridgehead atoms. The second-order valence-electron chi connectivity index (χ2n) is 5.75. The first kappa shape index (κ1) is 19.1. The van der Waals surface area contributed by atoms with Crippen molar-refractivity contribution in [2.75, 3.05) is 0 Å². The molecule has 1 atom stereocenters. The van der Waals surface area contributed by atoms with Crippen LogP contribution in [0.3, 0.4) is 0 Å². The summed E-state index contributed by atoms with van der Waals surface area (Å²) in [6.45, 7) is 0. The third-order valence-electron chi connectivity index (χ3n) is 3.87. The van der Waals surface area contributed by atoms with Crippen LogP contribution >= 0.6 is 0 Å². The summed E-state index contributed by atoms with van der Waals surface area (Å²) in [4.78, 5) is 0. The van der Waals surface area contributed by atoms with Gasteiger partial charge in [0, 0.05) is 12.1 Å². The highest BCUT2D eigenvalue weighted by molar-refractivity contribution is 5.32. The molecule has 0 fully saturated rings. The molecule has 0 amide bonds. The Morgan fingerprint density at radius 2 is 1.48 bits per heavy atom. The van der Waals surface area contributed by atoms with Crippen molar-refractivity contribution >= 4 is 0 Å². The first-order valence-electron chi connectivity index (χ1n) is 7.70. The summed E-state index contributed by atoms with van der Waals surface area (Å²) in [5, 5.41) is 0. The van der Waals surface area contributed by atoms with Crippen LogP contribution in [0.4, 0.5) is 30.7 Å². The van der Waals surface area contributed by atoms with Crippen LogP contribution in [0.15, 0.2) is 36.6 Å². The number of halogens is 7. The van der Waals surface area contributed by atoms with E-state index in [0.717, 1.165) is 0 Å². The van der Waals surface area contributed by atoms with Gasteiger partial charge in [0.15, 0.2) is 17.5 Å². The zero-order valence-corrected chi connectivity index (χ0v) is 13.4. The summed E-state index contributed by atoms with van der Waals surface area (Å²) in [6, 6.07) is 1.62. The highest BCUT2D eigenvalue weighted by Crippen LogP contribution is 2.38. The van der Waals surface area contributed by atoms with Gasteiger partial charge in [-0.1, -0.05) is 0 Å². The van der Waals surface area contributed by atoms with Gasteiger partial charge in [0.25, 0.3) is 0 Å². The van der Waals surface area contributed by atoms with E-state index in [4.69, 9.17) is 4.74 Å². The van der Waals surface area contributed by atoms with Crippen LogP contribution < -0.4 is 4.74 Å². The summed E-state index contributed by atoms with van der Waals surface area (Å²) in [7, 11) is 0. The van der Waals surface area contributed by atoms with Crippen LogP contribution in [0, 0.1) is 29.1 Å². The highest BCUT2D eigenvalue weighted by Gasteiger charge is 2.42. The van der Waals surface area contributed by atoms with Crippen molar-refractivity contribution in [1.29, 1.82) is 0 Å². The van der Waals surface area contributed by atoms with Crippen molar-refractivity contribution in [3.63, 3.8) is 0 Å². The van der Waals surface area contributed by atoms with E-state index in [2.05, 4.69) is 4.74 Å². The first-order valence-corrected chi connectivity index (χ1v) is 7.70. The molecular formula is C18H11F7O2. The van der Waals surface area contributed by atoms with Gasteiger partial charge in [-0.3, -0.25) is 0 Å². The number of ether oxygens (including phenoxy) is 2. The maximum absolute atomic E-state index is 14.2. The molecule has 0 radical (unpaired) electrons. The van der Waals surface area contributed by atoms with E-state index in [1.54, 1.807) is 6.08 Å². The zero-order chi connectivity index (χ0) is 19.8. The molecule has 9 heteroatoms. The quantitative estimate of drug-likeness (QED) is 0.478. The molecule has 0 aromatic heterocycles. The lowest BCUT2D eigenvalue weighted by molar-refractivity contribution is -0.189. The standard InChI is InChI=1S/C18H11F7O2/c19-11-5-9(15-3-1-2-4-26-15)6-12(20)16(11)18(24,25)27-10-7-13(21)17(23)14(22)8-10/h2,4-8,15H,1,3H2. The molecule has 2 aromatic carbocycles. The first-order chi connectivity index (χ1) is 12.7. The van der Waals surface area contributed by atoms with Crippen LogP contribution in [0.25, 0.3) is 0 Å². The number of hydrogen-bond donors (Lipinski definition) is 0. The van der Waals surface area contributed by atoms with Gasteiger partial charge in [-0.2, -0.15) is 8.78 Å². The summed E-state index contributed by atoms with van der Waals surface area (Å²) in [6.07, 6.45) is -1.31. The second kappa shape index (κ2) is 7.13. The average molecular weight is 392 g/mol. The van der Waals surface area contributed by atoms with Gasteiger partial charge in [0.2, 0.25) is 0 Å². The Labute approximate surface area is 148 Å². The second-order valence-corrected chi connectivity index (χ2v) is 5.75. The zero-order valence-electron chi connectivity index (χ0n) is 13.4. The van der Waals surface area contributed by atoms with Gasteiger partial charge >= 0.3 is 6.11 Å². The topological polar surface area (TPSA) is 18.5 Å². The third-order valence-corrected chi connectivity index (χ3v) is 3.87. The number of hydrogen-bond acceptors (Lipinski definition) is 2. The molecule has 1 heterocycles. The minimum Gasteiger partial charge on any atom is -0.494 e. The molecule has 1 aliphatic heterocycles. The lowest BCUT2D eigenvalue weighted by Crippen LogP contribution is -2.26. The molecule has 2 aromatic rings. The Morgan fingerprint density at radius 1 is 0.889 bits per heavy atom. The van der Waals surface area contributed by atoms with E-state index in [-0.39, 0.29) is 17.7 Å². The Morgan fingerprint density at radius 3 is 2.00 bits per heavy atom. The molecule has 0 saturated carbocycles. The molecule has 0 saturated heterocycles. The van der Waals surface area contributed by atoms with Crippen molar-refractivity contribution in [1.82, 2.24) is 0 Å². The van der Waals surface area contributed by atoms with E-state index < -0.39 is 52.6 Å². The molecule has 27 heavy (non-hydrogen) atoms. The average Bonchev–Trinajstić information content (AvgIpc) is 2.59. The predicted molar refractivity (Wildman–Crippen MR) is 79.4 cm³/mol. The fourth-order valence-corrected chi connectivity index (χ4v) is 2.63. The minimum absolute atomic E-state index is 0.00720. The molecule has 3 rings (SSSR count). The van der Waals surface area contributed by atoms with Crippen molar-refractivity contribution < 1.29 is 40.2 Å². The lowest BCUT2D eigenvalue weighted by atomic mass is 10.0. The number of allylic oxidation sites excluding steroid dienone is 1. The van der Waals surface area contributed by atoms with Crippen LogP contribution in [0.5, 0.6) is 5.75 Å². The minimum atomic E-state index is -4.61. The normalized spacial score (nSPS) is 16.9. The molecule has 0 aliphatic carbocycles. The maximum atomic E-state index is 14.2. The summed E-state index contributed by atoms with van der Waals surface area (Å²) >= 11 is 0. The molecule has 1 unspecified atom stereocenters. The number of benzene rings is 2. The smallest absolute Gasteiger partial charge is 0.432 e. The van der Waals surface area contributed by atoms with Crippen LogP contribution in [-0.4, -0.2) is 0 Å². The molecule has 0 spiro atoms. The summed E-state index contributed by atoms with van der Waals surface area (Å²) < 4.78 is 105. The van der Waals surface area contributed by atoms with E-state index in [1.807, 2.05) is 0 Å². The van der Waals surface area contributed by atoms with Gasteiger partial charge in [-0.05, 0) is 36.6 Å². The highest BCUT2D eigenvalue weighted by atomic mass is 19.3. The number of alkyl halides is 2. The molecule has 0 N–H and O–H groups in total. The van der Waals surface area contributed by atoms with Gasteiger partial charge in [0.1, 0.15) is 29.1 Å². The number of rotatable bonds is 4. The van der Waals surface area contributed by atoms with E-state index in [9.17, 15) is 30.7 Å². The van der Waals surface area contributed by atoms with Gasteiger partial charge in [-0.15, -0.1) is 0 Å². The van der Waals surface area contributed by atoms with E-state index in [0.29, 0.717) is 25.0 Å². The summed E-state index contributed by atoms with van der Waals surface area (Å²) in [5.74, 6) is -9.87. The predicted octanol–water partition coefficient (Wildman–Crippen LogP) is 5.88. The Balaban J connectivity index is 1.93. The van der Waals surface area contributed by atoms with Crippen molar-refractivity contribution in [3.05, 3.63) is 76.8 Å². The third kappa shape index (κ3) is 3.86. The Kier molecular flexibility index (Phi) is 5.03. The SMILES string of the molecule is Fc1cc(OC(F)(F)c2c(F)cc(C3CCC=CO3)cc2F)cc(F)c1F. The Bertz CT molecular complexity index is 849. The molecular weight excluding hydrogens is 381 g/mol. The van der Waals surface area contributed by atoms with E-state index in [1.165, 1.54) is 6.26 Å². The summed E-state index contributed by atoms with van der Waals surface area (Å²) in [5.41, 5.74) is -1.74. The monoisotopic (exact) mass is 392 g/mol. The lowest BCUT2D eigenvalue weighted by Gasteiger charge is -2.23. The molecule has 2 nitrogen and oxygen atoms in total. The molecule has 144 valence electrons. The van der Waals surface area contributed by atoms with Gasteiger partial charge in [-0.25, -0.2) is 22.0 Å². The fourth-order valence-electron chi connectivity index (χ4n) is 2.63.